The zero-order valence-electron chi connectivity index (χ0n) is 13.6. The van der Waals surface area contributed by atoms with E-state index in [1.54, 1.807) is 13.0 Å². The van der Waals surface area contributed by atoms with E-state index in [0.717, 1.165) is 15.4 Å². The molecule has 1 aliphatic rings. The molecule has 1 aliphatic heterocycles. The molecule has 1 fully saturated rings. The summed E-state index contributed by atoms with van der Waals surface area (Å²) in [5.41, 5.74) is 2.48. The monoisotopic (exact) mass is 361 g/mol. The highest BCUT2D eigenvalue weighted by Gasteiger charge is 2.39. The van der Waals surface area contributed by atoms with E-state index in [1.807, 2.05) is 19.9 Å². The van der Waals surface area contributed by atoms with Crippen LogP contribution < -0.4 is 0 Å². The van der Waals surface area contributed by atoms with Crippen LogP contribution in [0.2, 0.25) is 0 Å². The molecule has 6 nitrogen and oxygen atoms in total. The lowest BCUT2D eigenvalue weighted by Gasteiger charge is -2.27. The largest absolute Gasteiger partial charge is 0.395 e. The number of aliphatic hydroxyl groups is 1. The summed E-state index contributed by atoms with van der Waals surface area (Å²) >= 11 is 0. The van der Waals surface area contributed by atoms with E-state index in [0.29, 0.717) is 5.56 Å². The zero-order valence-corrected chi connectivity index (χ0v) is 15.2. The summed E-state index contributed by atoms with van der Waals surface area (Å²) in [6, 6.07) is 2.82. The van der Waals surface area contributed by atoms with Crippen LogP contribution in [0.15, 0.2) is 17.0 Å². The van der Waals surface area contributed by atoms with E-state index < -0.39 is 25.9 Å². The third-order valence-corrected chi connectivity index (χ3v) is 8.16. The number of rotatable bonds is 5. The number of benzene rings is 1. The van der Waals surface area contributed by atoms with Gasteiger partial charge in [-0.15, -0.1) is 0 Å². The maximum atomic E-state index is 13.0. The summed E-state index contributed by atoms with van der Waals surface area (Å²) in [5, 5.41) is 9.25. The minimum Gasteiger partial charge on any atom is -0.395 e. The minimum atomic E-state index is -3.86. The van der Waals surface area contributed by atoms with E-state index in [1.165, 1.54) is 0 Å². The van der Waals surface area contributed by atoms with Gasteiger partial charge in [0.25, 0.3) is 0 Å². The summed E-state index contributed by atoms with van der Waals surface area (Å²) < 4.78 is 50.6. The van der Waals surface area contributed by atoms with Crippen LogP contribution in [0.25, 0.3) is 0 Å². The van der Waals surface area contributed by atoms with Crippen LogP contribution >= 0.6 is 0 Å². The Morgan fingerprint density at radius 1 is 1.17 bits per heavy atom. The Bertz CT molecular complexity index is 799. The SMILES string of the molecule is Cc1cc(C)c(S(=O)(=O)N(CCO)[C@@H]2CCS(=O)(=O)C2)cc1C. The Hall–Kier alpha value is -0.960. The predicted molar refractivity (Wildman–Crippen MR) is 88.7 cm³/mol. The Morgan fingerprint density at radius 2 is 1.78 bits per heavy atom. The highest BCUT2D eigenvalue weighted by Crippen LogP contribution is 2.28. The first kappa shape index (κ1) is 18.4. The normalized spacial score (nSPS) is 21.0. The fraction of sp³-hybridized carbons (Fsp3) is 0.600. The van der Waals surface area contributed by atoms with Crippen molar-refractivity contribution in [2.45, 2.75) is 38.1 Å². The average molecular weight is 361 g/mol. The first-order valence-corrected chi connectivity index (χ1v) is 10.8. The Kier molecular flexibility index (Phi) is 5.20. The summed E-state index contributed by atoms with van der Waals surface area (Å²) in [4.78, 5) is 0.179. The van der Waals surface area contributed by atoms with Gasteiger partial charge in [0.2, 0.25) is 10.0 Å². The fourth-order valence-corrected chi connectivity index (χ4v) is 6.70. The smallest absolute Gasteiger partial charge is 0.243 e. The molecule has 23 heavy (non-hydrogen) atoms. The van der Waals surface area contributed by atoms with Gasteiger partial charge in [-0.05, 0) is 49.9 Å². The first-order chi connectivity index (χ1) is 10.6. The molecule has 0 radical (unpaired) electrons. The summed E-state index contributed by atoms with van der Waals surface area (Å²) in [6.07, 6.45) is 0.269. The van der Waals surface area contributed by atoms with E-state index in [4.69, 9.17) is 0 Å². The van der Waals surface area contributed by atoms with Crippen molar-refractivity contribution in [3.63, 3.8) is 0 Å². The van der Waals surface area contributed by atoms with Gasteiger partial charge >= 0.3 is 0 Å². The molecule has 1 heterocycles. The number of sulfone groups is 1. The summed E-state index contributed by atoms with van der Waals surface area (Å²) in [6.45, 7) is 5.02. The molecule has 1 N–H and O–H groups in total. The zero-order chi connectivity index (χ0) is 17.4. The molecule has 1 aromatic rings. The van der Waals surface area contributed by atoms with Crippen LogP contribution in [0.1, 0.15) is 23.1 Å². The van der Waals surface area contributed by atoms with E-state index >= 15 is 0 Å². The molecule has 8 heteroatoms. The van der Waals surface area contributed by atoms with E-state index in [9.17, 15) is 21.9 Å². The third-order valence-electron chi connectivity index (χ3n) is 4.31. The van der Waals surface area contributed by atoms with Crippen LogP contribution in [-0.4, -0.2) is 56.9 Å². The second-order valence-electron chi connectivity index (χ2n) is 6.10. The van der Waals surface area contributed by atoms with Crippen molar-refractivity contribution in [3.05, 3.63) is 28.8 Å². The van der Waals surface area contributed by atoms with Gasteiger partial charge in [0.05, 0.1) is 23.0 Å². The van der Waals surface area contributed by atoms with Gasteiger partial charge in [0.15, 0.2) is 9.84 Å². The number of aliphatic hydroxyl groups excluding tert-OH is 1. The lowest BCUT2D eigenvalue weighted by molar-refractivity contribution is 0.232. The predicted octanol–water partition coefficient (Wildman–Crippen LogP) is 0.782. The summed E-state index contributed by atoms with van der Waals surface area (Å²) in [7, 11) is -7.07. The molecule has 0 bridgehead atoms. The quantitative estimate of drug-likeness (QED) is 0.837. The molecule has 0 amide bonds. The minimum absolute atomic E-state index is 0.0129. The molecule has 0 aromatic heterocycles. The Morgan fingerprint density at radius 3 is 2.30 bits per heavy atom. The van der Waals surface area contributed by atoms with Gasteiger partial charge in [-0.2, -0.15) is 4.31 Å². The Labute approximate surface area is 138 Å². The Balaban J connectivity index is 2.48. The molecule has 0 spiro atoms. The van der Waals surface area contributed by atoms with Crippen molar-refractivity contribution in [3.8, 4) is 0 Å². The second kappa shape index (κ2) is 6.51. The van der Waals surface area contributed by atoms with Crippen molar-refractivity contribution < 1.29 is 21.9 Å². The first-order valence-electron chi connectivity index (χ1n) is 7.49. The molecule has 0 saturated carbocycles. The van der Waals surface area contributed by atoms with Crippen molar-refractivity contribution in [2.24, 2.45) is 0 Å². The maximum Gasteiger partial charge on any atom is 0.243 e. The molecule has 1 atom stereocenters. The second-order valence-corrected chi connectivity index (χ2v) is 10.2. The van der Waals surface area contributed by atoms with Crippen LogP contribution in [0.3, 0.4) is 0 Å². The standard InChI is InChI=1S/C15H23NO5S2/c1-11-8-13(3)15(9-12(11)2)23(20,21)16(5-6-17)14-4-7-22(18,19)10-14/h8-9,14,17H,4-7,10H2,1-3H3/t14-/m1/s1. The highest BCUT2D eigenvalue weighted by atomic mass is 32.2. The van der Waals surface area contributed by atoms with Crippen molar-refractivity contribution in [2.75, 3.05) is 24.7 Å². The third kappa shape index (κ3) is 3.76. The molecule has 1 saturated heterocycles. The highest BCUT2D eigenvalue weighted by molar-refractivity contribution is 7.92. The summed E-state index contributed by atoms with van der Waals surface area (Å²) in [5.74, 6) is -0.197. The lowest BCUT2D eigenvalue weighted by atomic mass is 10.1. The molecule has 0 unspecified atom stereocenters. The van der Waals surface area contributed by atoms with Crippen molar-refractivity contribution in [1.29, 1.82) is 0 Å². The number of nitrogens with zero attached hydrogens (tertiary/aromatic N) is 1. The number of hydrogen-bond donors (Lipinski definition) is 1. The van der Waals surface area contributed by atoms with E-state index in [-0.39, 0.29) is 36.0 Å². The molecule has 2 rings (SSSR count). The van der Waals surface area contributed by atoms with Gasteiger partial charge in [-0.25, -0.2) is 16.8 Å². The van der Waals surface area contributed by atoms with Crippen molar-refractivity contribution in [1.82, 2.24) is 4.31 Å². The number of aryl methyl sites for hydroxylation is 3. The molecule has 0 aliphatic carbocycles. The van der Waals surface area contributed by atoms with Crippen LogP contribution in [0, 0.1) is 20.8 Å². The van der Waals surface area contributed by atoms with Gasteiger partial charge in [0.1, 0.15) is 0 Å². The average Bonchev–Trinajstić information content (AvgIpc) is 2.79. The van der Waals surface area contributed by atoms with E-state index in [2.05, 4.69) is 0 Å². The molecule has 130 valence electrons. The van der Waals surface area contributed by atoms with Crippen molar-refractivity contribution >= 4 is 19.9 Å². The van der Waals surface area contributed by atoms with Gasteiger partial charge in [0, 0.05) is 12.6 Å². The fourth-order valence-electron chi connectivity index (χ4n) is 2.94. The van der Waals surface area contributed by atoms with Crippen LogP contribution in [0.5, 0.6) is 0 Å². The molecular weight excluding hydrogens is 338 g/mol. The maximum absolute atomic E-state index is 13.0. The number of sulfonamides is 1. The number of hydrogen-bond acceptors (Lipinski definition) is 5. The van der Waals surface area contributed by atoms with Gasteiger partial charge < -0.3 is 5.11 Å². The van der Waals surface area contributed by atoms with Crippen LogP contribution in [0.4, 0.5) is 0 Å². The topological polar surface area (TPSA) is 91.8 Å². The molecular formula is C15H23NO5S2. The molecule has 1 aromatic carbocycles. The van der Waals surface area contributed by atoms with Gasteiger partial charge in [-0.3, -0.25) is 0 Å². The van der Waals surface area contributed by atoms with Gasteiger partial charge in [-0.1, -0.05) is 6.07 Å². The van der Waals surface area contributed by atoms with Crippen LogP contribution in [-0.2, 0) is 19.9 Å². The lowest BCUT2D eigenvalue weighted by Crippen LogP contribution is -2.43.